The first-order chi connectivity index (χ1) is 13.2. The number of sulfone groups is 1. The second kappa shape index (κ2) is 7.70. The van der Waals surface area contributed by atoms with Gasteiger partial charge in [0, 0.05) is 14.7 Å². The summed E-state index contributed by atoms with van der Waals surface area (Å²) < 4.78 is 54.2. The molecule has 2 atom stereocenters. The summed E-state index contributed by atoms with van der Waals surface area (Å²) in [6.45, 7) is 0. The Morgan fingerprint density at radius 2 is 1.75 bits per heavy atom. The summed E-state index contributed by atoms with van der Waals surface area (Å²) >= 11 is 7.74. The first-order valence-electron chi connectivity index (χ1n) is 8.33. The molecule has 10 heteroatoms. The Morgan fingerprint density at radius 3 is 2.43 bits per heavy atom. The van der Waals surface area contributed by atoms with Gasteiger partial charge in [-0.3, -0.25) is 4.99 Å². The van der Waals surface area contributed by atoms with Crippen molar-refractivity contribution in [3.63, 3.8) is 0 Å². The summed E-state index contributed by atoms with van der Waals surface area (Å²) in [5.74, 6) is -0.637. The maximum Gasteiger partial charge on any atom is 0.164 e. The molecule has 0 N–H and O–H groups in total. The SMILES string of the molecule is O=S1(=O)C[C@@H]2N=C(SCc3ccc(Br)cc3F)N(c3ccc(Br)cc3F)[C@H]2C1. The molecule has 0 spiro atoms. The second-order valence-electron chi connectivity index (χ2n) is 6.61. The largest absolute Gasteiger partial charge is 0.312 e. The number of fused-ring (bicyclic) bond motifs is 1. The van der Waals surface area contributed by atoms with E-state index in [1.807, 2.05) is 0 Å². The number of aliphatic imine (C=N–C) groups is 1. The van der Waals surface area contributed by atoms with Crippen LogP contribution in [0.5, 0.6) is 0 Å². The van der Waals surface area contributed by atoms with Crippen molar-refractivity contribution in [1.29, 1.82) is 0 Å². The van der Waals surface area contributed by atoms with Crippen LogP contribution in [0, 0.1) is 11.6 Å². The second-order valence-corrected chi connectivity index (χ2v) is 11.5. The van der Waals surface area contributed by atoms with E-state index in [9.17, 15) is 17.2 Å². The van der Waals surface area contributed by atoms with Crippen molar-refractivity contribution in [2.24, 2.45) is 4.99 Å². The lowest BCUT2D eigenvalue weighted by molar-refractivity contribution is 0.600. The zero-order chi connectivity index (χ0) is 20.1. The third-order valence-corrected chi connectivity index (χ3v) is 8.35. The van der Waals surface area contributed by atoms with Crippen LogP contribution in [0.25, 0.3) is 0 Å². The first-order valence-corrected chi connectivity index (χ1v) is 12.7. The van der Waals surface area contributed by atoms with Gasteiger partial charge in [0.2, 0.25) is 0 Å². The van der Waals surface area contributed by atoms with E-state index >= 15 is 0 Å². The van der Waals surface area contributed by atoms with Gasteiger partial charge in [-0.05, 0) is 35.9 Å². The number of hydrogen-bond acceptors (Lipinski definition) is 5. The molecule has 0 radical (unpaired) electrons. The Bertz CT molecular complexity index is 1080. The number of halogens is 4. The number of thioether (sulfide) groups is 1. The molecule has 2 aromatic carbocycles. The van der Waals surface area contributed by atoms with Crippen LogP contribution in [-0.4, -0.2) is 37.2 Å². The zero-order valence-corrected chi connectivity index (χ0v) is 19.1. The molecule has 2 aromatic rings. The molecule has 4 rings (SSSR count). The molecular formula is C18H14Br2F2N2O2S2. The lowest BCUT2D eigenvalue weighted by Crippen LogP contribution is -2.39. The number of rotatable bonds is 3. The van der Waals surface area contributed by atoms with Crippen LogP contribution in [0.3, 0.4) is 0 Å². The van der Waals surface area contributed by atoms with E-state index in [4.69, 9.17) is 0 Å². The summed E-state index contributed by atoms with van der Waals surface area (Å²) in [6, 6.07) is 8.57. The van der Waals surface area contributed by atoms with Gasteiger partial charge in [-0.15, -0.1) is 0 Å². The minimum absolute atomic E-state index is 0.0526. The summed E-state index contributed by atoms with van der Waals surface area (Å²) in [7, 11) is -3.22. The van der Waals surface area contributed by atoms with Gasteiger partial charge < -0.3 is 4.90 Å². The van der Waals surface area contributed by atoms with Gasteiger partial charge >= 0.3 is 0 Å². The van der Waals surface area contributed by atoms with E-state index in [0.29, 0.717) is 25.4 Å². The van der Waals surface area contributed by atoms with Crippen molar-refractivity contribution in [2.75, 3.05) is 16.4 Å². The first kappa shape index (κ1) is 20.3. The molecule has 0 aliphatic carbocycles. The quantitative estimate of drug-likeness (QED) is 0.551. The van der Waals surface area contributed by atoms with E-state index in [1.54, 1.807) is 29.2 Å². The van der Waals surface area contributed by atoms with Crippen molar-refractivity contribution >= 4 is 64.3 Å². The molecule has 2 aliphatic rings. The lowest BCUT2D eigenvalue weighted by atomic mass is 10.1. The molecule has 1 saturated heterocycles. The maximum atomic E-state index is 14.6. The number of anilines is 1. The van der Waals surface area contributed by atoms with Crippen LogP contribution in [0.2, 0.25) is 0 Å². The van der Waals surface area contributed by atoms with Crippen LogP contribution in [-0.2, 0) is 15.6 Å². The normalized spacial score (nSPS) is 23.0. The van der Waals surface area contributed by atoms with Crippen LogP contribution in [0.1, 0.15) is 5.56 Å². The molecule has 28 heavy (non-hydrogen) atoms. The molecule has 4 nitrogen and oxygen atoms in total. The molecular weight excluding hydrogens is 538 g/mol. The van der Waals surface area contributed by atoms with Crippen molar-refractivity contribution in [1.82, 2.24) is 0 Å². The van der Waals surface area contributed by atoms with E-state index in [-0.39, 0.29) is 23.0 Å². The van der Waals surface area contributed by atoms with Crippen LogP contribution < -0.4 is 4.90 Å². The highest BCUT2D eigenvalue weighted by Gasteiger charge is 2.47. The number of hydrogen-bond donors (Lipinski definition) is 0. The minimum atomic E-state index is -3.22. The molecule has 0 aromatic heterocycles. The van der Waals surface area contributed by atoms with Crippen molar-refractivity contribution < 1.29 is 17.2 Å². The molecule has 0 bridgehead atoms. The Balaban J connectivity index is 1.65. The highest BCUT2D eigenvalue weighted by molar-refractivity contribution is 9.10. The fraction of sp³-hybridized carbons (Fsp3) is 0.278. The van der Waals surface area contributed by atoms with E-state index < -0.39 is 27.7 Å². The fourth-order valence-electron chi connectivity index (χ4n) is 3.37. The van der Waals surface area contributed by atoms with E-state index in [1.165, 1.54) is 23.9 Å². The predicted molar refractivity (Wildman–Crippen MR) is 116 cm³/mol. The van der Waals surface area contributed by atoms with Crippen molar-refractivity contribution in [3.8, 4) is 0 Å². The maximum absolute atomic E-state index is 14.6. The van der Waals surface area contributed by atoms with Gasteiger partial charge in [-0.2, -0.15) is 0 Å². The lowest BCUT2D eigenvalue weighted by Gasteiger charge is -2.27. The number of nitrogens with zero attached hydrogens (tertiary/aromatic N) is 2. The van der Waals surface area contributed by atoms with Crippen molar-refractivity contribution in [2.45, 2.75) is 17.8 Å². The highest BCUT2D eigenvalue weighted by atomic mass is 79.9. The van der Waals surface area contributed by atoms with Gasteiger partial charge in [-0.1, -0.05) is 49.7 Å². The monoisotopic (exact) mass is 550 g/mol. The number of benzene rings is 2. The van der Waals surface area contributed by atoms with E-state index in [0.717, 1.165) is 0 Å². The molecule has 0 saturated carbocycles. The molecule has 2 heterocycles. The molecule has 2 aliphatic heterocycles. The Morgan fingerprint density at radius 1 is 1.07 bits per heavy atom. The van der Waals surface area contributed by atoms with Crippen LogP contribution in [0.15, 0.2) is 50.3 Å². The molecule has 0 amide bonds. The molecule has 0 unspecified atom stereocenters. The molecule has 1 fully saturated rings. The standard InChI is InChI=1S/C18H14Br2F2N2O2S2/c19-11-2-1-10(13(21)5-11)7-27-18-23-15-8-28(25,26)9-17(15)24(18)16-4-3-12(20)6-14(16)22/h1-6,15,17H,7-9H2/t15-,17-/m0/s1. The zero-order valence-electron chi connectivity index (χ0n) is 14.3. The Labute approximate surface area is 182 Å². The van der Waals surface area contributed by atoms with Gasteiger partial charge in [-0.25, -0.2) is 17.2 Å². The average molecular weight is 552 g/mol. The summed E-state index contributed by atoms with van der Waals surface area (Å²) in [5.41, 5.74) is 0.770. The summed E-state index contributed by atoms with van der Waals surface area (Å²) in [6.07, 6.45) is 0. The van der Waals surface area contributed by atoms with Gasteiger partial charge in [0.1, 0.15) is 11.6 Å². The van der Waals surface area contributed by atoms with Gasteiger partial charge in [0.25, 0.3) is 0 Å². The average Bonchev–Trinajstić information content (AvgIpc) is 3.06. The van der Waals surface area contributed by atoms with Crippen LogP contribution >= 0.6 is 43.6 Å². The topological polar surface area (TPSA) is 49.7 Å². The molecule has 148 valence electrons. The smallest absolute Gasteiger partial charge is 0.164 e. The van der Waals surface area contributed by atoms with Gasteiger partial charge in [0.15, 0.2) is 15.0 Å². The third-order valence-electron chi connectivity index (χ3n) is 4.65. The number of amidine groups is 1. The fourth-order valence-corrected chi connectivity index (χ4v) is 6.98. The minimum Gasteiger partial charge on any atom is -0.312 e. The van der Waals surface area contributed by atoms with E-state index in [2.05, 4.69) is 36.9 Å². The van der Waals surface area contributed by atoms with Crippen molar-refractivity contribution in [3.05, 3.63) is 62.5 Å². The third kappa shape index (κ3) is 4.01. The summed E-state index contributed by atoms with van der Waals surface area (Å²) in [5, 5.41) is 0.508. The van der Waals surface area contributed by atoms with Crippen LogP contribution in [0.4, 0.5) is 14.5 Å². The Kier molecular flexibility index (Phi) is 5.58. The highest BCUT2D eigenvalue weighted by Crippen LogP contribution is 2.37. The summed E-state index contributed by atoms with van der Waals surface area (Å²) in [4.78, 5) is 6.20. The predicted octanol–water partition coefficient (Wildman–Crippen LogP) is 4.76. The Hall–Kier alpha value is -0.970. The van der Waals surface area contributed by atoms with Gasteiger partial charge in [0.05, 0.1) is 29.3 Å².